The van der Waals surface area contributed by atoms with Crippen molar-refractivity contribution in [3.63, 3.8) is 0 Å². The van der Waals surface area contributed by atoms with E-state index in [2.05, 4.69) is 20.1 Å². The normalized spacial score (nSPS) is 12.2. The highest BCUT2D eigenvalue weighted by atomic mass is 16.3. The first kappa shape index (κ1) is 59.2. The summed E-state index contributed by atoms with van der Waals surface area (Å²) in [4.78, 5) is 20.2. The second-order valence-corrected chi connectivity index (χ2v) is 21.1. The molecular formula is C66H82N12O4. The molecule has 0 spiro atoms. The summed E-state index contributed by atoms with van der Waals surface area (Å²) in [6, 6.07) is 46.5. The Balaban J connectivity index is 0.810. The molecule has 0 unspecified atom stereocenters. The molecule has 0 bridgehead atoms. The molecule has 0 aliphatic carbocycles. The van der Waals surface area contributed by atoms with Gasteiger partial charge in [0, 0.05) is 81.2 Å². The number of benzene rings is 8. The summed E-state index contributed by atoms with van der Waals surface area (Å²) in [5, 5.41) is 63.0. The van der Waals surface area contributed by atoms with Gasteiger partial charge in [-0.25, -0.2) is 4.99 Å². The zero-order chi connectivity index (χ0) is 57.6. The number of fused-ring (bicyclic) bond motifs is 4. The second kappa shape index (κ2) is 30.1. The molecular weight excluding hydrogens is 1020 g/mol. The van der Waals surface area contributed by atoms with Crippen LogP contribution in [0.5, 0.6) is 23.0 Å². The number of unbranched alkanes of at least 4 members (excludes halogenated alkanes) is 9. The Hall–Kier alpha value is -8.92. The monoisotopic (exact) mass is 1110 g/mol. The van der Waals surface area contributed by atoms with Gasteiger partial charge >= 0.3 is 0 Å². The van der Waals surface area contributed by atoms with Gasteiger partial charge in [-0.1, -0.05) is 160 Å². The van der Waals surface area contributed by atoms with Crippen molar-refractivity contribution in [2.75, 3.05) is 39.3 Å². The Morgan fingerprint density at radius 2 is 0.707 bits per heavy atom. The van der Waals surface area contributed by atoms with Crippen LogP contribution in [0.2, 0.25) is 0 Å². The SMILES string of the molecule is N=C(N)N(CCCCCCN=C(N)N(CCCCCCN=C(N)N(CCCCCCNC(N)=NCc1c(O)ccc2ccccc12)Cc1c(O)ccc2ccccc12)Cc1c(O)ccc2ccccc12)Cc1c(O)ccc2ccccc12. The summed E-state index contributed by atoms with van der Waals surface area (Å²) < 4.78 is 0. The van der Waals surface area contributed by atoms with E-state index in [0.717, 1.165) is 142 Å². The number of guanidine groups is 4. The van der Waals surface area contributed by atoms with E-state index in [-0.39, 0.29) is 35.5 Å². The van der Waals surface area contributed by atoms with E-state index >= 15 is 0 Å². The third-order valence-corrected chi connectivity index (χ3v) is 15.4. The topological polar surface area (TPSA) is 268 Å². The molecule has 0 amide bonds. The van der Waals surface area contributed by atoms with Crippen molar-refractivity contribution in [1.29, 1.82) is 5.41 Å². The molecule has 430 valence electrons. The predicted molar refractivity (Wildman–Crippen MR) is 337 cm³/mol. The highest BCUT2D eigenvalue weighted by molar-refractivity contribution is 5.91. The van der Waals surface area contributed by atoms with Crippen molar-refractivity contribution in [1.82, 2.24) is 20.0 Å². The number of aliphatic imine (C=N–C) groups is 3. The number of phenols is 4. The molecule has 8 aromatic rings. The smallest absolute Gasteiger partial charge is 0.191 e. The van der Waals surface area contributed by atoms with Gasteiger partial charge < -0.3 is 63.4 Å². The number of rotatable bonds is 29. The van der Waals surface area contributed by atoms with Gasteiger partial charge in [0.1, 0.15) is 23.0 Å². The molecule has 16 heteroatoms. The average Bonchev–Trinajstić information content (AvgIpc) is 3.69. The Kier molecular flexibility index (Phi) is 21.7. The Morgan fingerprint density at radius 1 is 0.378 bits per heavy atom. The van der Waals surface area contributed by atoms with Crippen LogP contribution in [0.3, 0.4) is 0 Å². The maximum Gasteiger partial charge on any atom is 0.191 e. The Morgan fingerprint density at radius 3 is 1.11 bits per heavy atom. The van der Waals surface area contributed by atoms with E-state index in [9.17, 15) is 20.4 Å². The molecule has 0 saturated carbocycles. The quantitative estimate of drug-likeness (QED) is 0.0119. The number of phenolic OH excluding ortho intramolecular Hbond substituents is 4. The molecule has 0 aromatic heterocycles. The average molecular weight is 1110 g/mol. The fraction of sp³-hybridized carbons (Fsp3) is 0.333. The van der Waals surface area contributed by atoms with Crippen molar-refractivity contribution in [3.8, 4) is 23.0 Å². The third kappa shape index (κ3) is 16.4. The summed E-state index contributed by atoms with van der Waals surface area (Å²) in [6.07, 6.45) is 10.8. The van der Waals surface area contributed by atoms with Crippen LogP contribution < -0.4 is 28.3 Å². The number of hydrogen-bond donors (Lipinski definition) is 10. The molecule has 0 radical (unpaired) electrons. The van der Waals surface area contributed by atoms with Crippen molar-refractivity contribution < 1.29 is 20.4 Å². The first-order chi connectivity index (χ1) is 39.9. The standard InChI is InChI=1S/C66H82N12O4/c67-63(68)76(44-56-52-26-12-8-22-48(52)30-34-60(56)80)40-18-4-2-16-38-73-65(70)78(46-58-54-28-14-10-24-50(54)32-36-62(58)82)42-20-6-3-17-39-74-66(71)77(45-57-53-27-13-9-23-49(53)31-35-61(57)81)41-19-5-1-15-37-72-64(69)75-43-55-51-25-11-7-21-47(51)29-33-59(55)79/h7-14,21-36,79-82H,1-6,15-20,37-46H2,(H3,67,68)(H2,70,73)(H2,71,74)(H3,69,72,75). The highest BCUT2D eigenvalue weighted by Crippen LogP contribution is 2.32. The van der Waals surface area contributed by atoms with E-state index in [1.54, 1.807) is 29.2 Å². The third-order valence-electron chi connectivity index (χ3n) is 15.4. The molecule has 8 aromatic carbocycles. The van der Waals surface area contributed by atoms with Gasteiger partial charge in [-0.2, -0.15) is 0 Å². The molecule has 82 heavy (non-hydrogen) atoms. The molecule has 16 nitrogen and oxygen atoms in total. The number of nitrogens with two attached hydrogens (primary N) is 4. The van der Waals surface area contributed by atoms with Gasteiger partial charge in [0.05, 0.1) is 6.54 Å². The summed E-state index contributed by atoms with van der Waals surface area (Å²) in [7, 11) is 0. The maximum absolute atomic E-state index is 11.1. The van der Waals surface area contributed by atoms with Crippen molar-refractivity contribution in [2.45, 2.75) is 103 Å². The van der Waals surface area contributed by atoms with E-state index in [1.165, 1.54) is 0 Å². The molecule has 0 fully saturated rings. The molecule has 0 aliphatic heterocycles. The van der Waals surface area contributed by atoms with Crippen molar-refractivity contribution >= 4 is 66.9 Å². The number of hydrogen-bond acceptors (Lipinski definition) is 8. The molecule has 0 atom stereocenters. The van der Waals surface area contributed by atoms with Gasteiger partial charge in [-0.15, -0.1) is 0 Å². The summed E-state index contributed by atoms with van der Waals surface area (Å²) in [5.41, 5.74) is 29.0. The zero-order valence-corrected chi connectivity index (χ0v) is 47.2. The fourth-order valence-corrected chi connectivity index (χ4v) is 10.7. The lowest BCUT2D eigenvalue weighted by Gasteiger charge is -2.25. The molecule has 0 aliphatic rings. The summed E-state index contributed by atoms with van der Waals surface area (Å²) >= 11 is 0. The van der Waals surface area contributed by atoms with Crippen LogP contribution in [0, 0.1) is 5.41 Å². The predicted octanol–water partition coefficient (Wildman–Crippen LogP) is 11.2. The minimum Gasteiger partial charge on any atom is -0.508 e. The first-order valence-corrected chi connectivity index (χ1v) is 29.0. The van der Waals surface area contributed by atoms with E-state index in [1.807, 2.05) is 121 Å². The number of nitrogens with one attached hydrogen (secondary N) is 2. The molecule has 0 saturated heterocycles. The highest BCUT2D eigenvalue weighted by Gasteiger charge is 2.18. The van der Waals surface area contributed by atoms with Gasteiger partial charge in [-0.05, 0) is 106 Å². The first-order valence-electron chi connectivity index (χ1n) is 29.0. The Bertz CT molecular complexity index is 3490. The van der Waals surface area contributed by atoms with E-state index in [4.69, 9.17) is 38.3 Å². The molecule has 8 rings (SSSR count). The maximum atomic E-state index is 11.1. The minimum atomic E-state index is -0.0231. The lowest BCUT2D eigenvalue weighted by molar-refractivity contribution is 0.375. The number of nitrogens with zero attached hydrogens (tertiary/aromatic N) is 6. The molecule has 14 N–H and O–H groups in total. The lowest BCUT2D eigenvalue weighted by Crippen LogP contribution is -2.38. The van der Waals surface area contributed by atoms with Crippen LogP contribution in [0.15, 0.2) is 161 Å². The van der Waals surface area contributed by atoms with Crippen LogP contribution in [0.1, 0.15) is 99.3 Å². The van der Waals surface area contributed by atoms with Crippen molar-refractivity contribution in [2.24, 2.45) is 37.9 Å². The Labute approximate surface area is 482 Å². The molecule has 0 heterocycles. The summed E-state index contributed by atoms with van der Waals surface area (Å²) in [6.45, 7) is 5.21. The van der Waals surface area contributed by atoms with Crippen LogP contribution in [0.25, 0.3) is 43.1 Å². The van der Waals surface area contributed by atoms with E-state index in [0.29, 0.717) is 76.8 Å². The van der Waals surface area contributed by atoms with Gasteiger partial charge in [0.15, 0.2) is 23.8 Å². The summed E-state index contributed by atoms with van der Waals surface area (Å²) in [5.74, 6) is 2.08. The van der Waals surface area contributed by atoms with E-state index < -0.39 is 0 Å². The lowest BCUT2D eigenvalue weighted by atomic mass is 10.0. The van der Waals surface area contributed by atoms with Crippen LogP contribution in [-0.2, 0) is 26.2 Å². The van der Waals surface area contributed by atoms with Crippen LogP contribution >= 0.6 is 0 Å². The minimum absolute atomic E-state index is 0.0231. The van der Waals surface area contributed by atoms with Crippen LogP contribution in [-0.4, -0.2) is 98.2 Å². The van der Waals surface area contributed by atoms with Crippen LogP contribution in [0.4, 0.5) is 0 Å². The zero-order valence-electron chi connectivity index (χ0n) is 47.2. The second-order valence-electron chi connectivity index (χ2n) is 21.1. The van der Waals surface area contributed by atoms with Gasteiger partial charge in [0.25, 0.3) is 0 Å². The fourth-order valence-electron chi connectivity index (χ4n) is 10.7. The largest absolute Gasteiger partial charge is 0.508 e. The van der Waals surface area contributed by atoms with Gasteiger partial charge in [0.2, 0.25) is 0 Å². The van der Waals surface area contributed by atoms with Gasteiger partial charge in [-0.3, -0.25) is 15.4 Å². The van der Waals surface area contributed by atoms with Crippen molar-refractivity contribution in [3.05, 3.63) is 168 Å². The number of aromatic hydroxyl groups is 4.